The number of rotatable bonds is 3. The van der Waals surface area contributed by atoms with Gasteiger partial charge in [0.1, 0.15) is 5.76 Å². The van der Waals surface area contributed by atoms with Crippen molar-refractivity contribution < 1.29 is 4.42 Å². The third-order valence-corrected chi connectivity index (χ3v) is 3.20. The molecule has 0 amide bonds. The molecule has 1 aliphatic rings. The summed E-state index contributed by atoms with van der Waals surface area (Å²) in [6.07, 6.45) is 3.88. The summed E-state index contributed by atoms with van der Waals surface area (Å²) >= 11 is 0. The molecule has 3 heteroatoms. The molecule has 0 bridgehead atoms. The van der Waals surface area contributed by atoms with Gasteiger partial charge < -0.3 is 9.73 Å². The molecular formula is C11H18N2O. The minimum atomic E-state index is 0.330. The van der Waals surface area contributed by atoms with Gasteiger partial charge in [-0.05, 0) is 40.0 Å². The van der Waals surface area contributed by atoms with Crippen LogP contribution in [0.2, 0.25) is 0 Å². The van der Waals surface area contributed by atoms with Gasteiger partial charge in [-0.2, -0.15) is 0 Å². The van der Waals surface area contributed by atoms with Gasteiger partial charge in [-0.15, -0.1) is 0 Å². The molecule has 0 radical (unpaired) electrons. The van der Waals surface area contributed by atoms with E-state index >= 15 is 0 Å². The Labute approximate surface area is 84.9 Å². The predicted octanol–water partition coefficient (Wildman–Crippen LogP) is 2.32. The number of aromatic nitrogens is 1. The van der Waals surface area contributed by atoms with Gasteiger partial charge in [-0.1, -0.05) is 0 Å². The van der Waals surface area contributed by atoms with Crippen LogP contribution in [0.25, 0.3) is 0 Å². The van der Waals surface area contributed by atoms with Gasteiger partial charge in [-0.25, -0.2) is 4.98 Å². The van der Waals surface area contributed by atoms with Gasteiger partial charge >= 0.3 is 0 Å². The summed E-state index contributed by atoms with van der Waals surface area (Å²) < 4.78 is 5.50. The average Bonchev–Trinajstić information content (AvgIpc) is 2.40. The molecule has 1 aromatic heterocycles. The lowest BCUT2D eigenvalue weighted by Crippen LogP contribution is -2.47. The molecule has 1 N–H and O–H groups in total. The number of hydrogen-bond donors (Lipinski definition) is 1. The SMILES string of the molecule is Cc1nc(CNC2(C)CCC2)oc1C. The number of aryl methyl sites for hydroxylation is 2. The number of nitrogens with zero attached hydrogens (tertiary/aromatic N) is 1. The first-order valence-corrected chi connectivity index (χ1v) is 5.27. The van der Waals surface area contributed by atoms with Crippen molar-refractivity contribution in [3.05, 3.63) is 17.3 Å². The van der Waals surface area contributed by atoms with Gasteiger partial charge in [0.2, 0.25) is 5.89 Å². The van der Waals surface area contributed by atoms with Crippen molar-refractivity contribution in [3.63, 3.8) is 0 Å². The van der Waals surface area contributed by atoms with Crippen LogP contribution in [0, 0.1) is 13.8 Å². The molecule has 2 rings (SSSR count). The highest BCUT2D eigenvalue weighted by molar-refractivity contribution is 5.05. The van der Waals surface area contributed by atoms with Crippen LogP contribution in [0.15, 0.2) is 4.42 Å². The summed E-state index contributed by atoms with van der Waals surface area (Å²) in [6.45, 7) is 6.95. The van der Waals surface area contributed by atoms with Gasteiger partial charge in [0.15, 0.2) is 0 Å². The summed E-state index contributed by atoms with van der Waals surface area (Å²) in [5.41, 5.74) is 1.33. The van der Waals surface area contributed by atoms with Crippen LogP contribution in [-0.4, -0.2) is 10.5 Å². The van der Waals surface area contributed by atoms with E-state index in [2.05, 4.69) is 17.2 Å². The molecule has 0 saturated heterocycles. The smallest absolute Gasteiger partial charge is 0.208 e. The Kier molecular flexibility index (Phi) is 2.35. The van der Waals surface area contributed by atoms with E-state index in [1.54, 1.807) is 0 Å². The molecule has 0 aromatic carbocycles. The molecule has 78 valence electrons. The van der Waals surface area contributed by atoms with E-state index in [-0.39, 0.29) is 0 Å². The van der Waals surface area contributed by atoms with Gasteiger partial charge in [0.25, 0.3) is 0 Å². The lowest BCUT2D eigenvalue weighted by atomic mass is 9.78. The summed E-state index contributed by atoms with van der Waals surface area (Å²) in [4.78, 5) is 4.34. The fraction of sp³-hybridized carbons (Fsp3) is 0.727. The molecule has 0 unspecified atom stereocenters. The largest absolute Gasteiger partial charge is 0.444 e. The van der Waals surface area contributed by atoms with Crippen LogP contribution < -0.4 is 5.32 Å². The van der Waals surface area contributed by atoms with E-state index in [0.717, 1.165) is 23.9 Å². The van der Waals surface area contributed by atoms with Crippen molar-refractivity contribution >= 4 is 0 Å². The second kappa shape index (κ2) is 3.39. The van der Waals surface area contributed by atoms with Crippen molar-refractivity contribution in [1.82, 2.24) is 10.3 Å². The molecule has 0 spiro atoms. The van der Waals surface area contributed by atoms with Crippen molar-refractivity contribution in [2.45, 2.75) is 52.1 Å². The maximum atomic E-state index is 5.50. The zero-order valence-electron chi connectivity index (χ0n) is 9.18. The highest BCUT2D eigenvalue weighted by Gasteiger charge is 2.31. The zero-order chi connectivity index (χ0) is 10.2. The standard InChI is InChI=1S/C11H18N2O/c1-8-9(2)14-10(13-8)7-12-11(3)5-4-6-11/h12H,4-7H2,1-3H3. The van der Waals surface area contributed by atoms with Crippen LogP contribution in [0.3, 0.4) is 0 Å². The van der Waals surface area contributed by atoms with Crippen molar-refractivity contribution in [2.24, 2.45) is 0 Å². The van der Waals surface area contributed by atoms with E-state index in [1.165, 1.54) is 19.3 Å². The van der Waals surface area contributed by atoms with Crippen molar-refractivity contribution in [3.8, 4) is 0 Å². The fourth-order valence-electron chi connectivity index (χ4n) is 1.79. The number of hydrogen-bond acceptors (Lipinski definition) is 3. The van der Waals surface area contributed by atoms with Crippen LogP contribution in [-0.2, 0) is 6.54 Å². The fourth-order valence-corrected chi connectivity index (χ4v) is 1.79. The van der Waals surface area contributed by atoms with Crippen LogP contribution >= 0.6 is 0 Å². The Bertz CT molecular complexity index is 307. The quantitative estimate of drug-likeness (QED) is 0.802. The van der Waals surface area contributed by atoms with Crippen LogP contribution in [0.1, 0.15) is 43.5 Å². The molecule has 1 heterocycles. The maximum absolute atomic E-state index is 5.50. The summed E-state index contributed by atoms with van der Waals surface area (Å²) in [7, 11) is 0. The minimum absolute atomic E-state index is 0.330. The molecule has 1 aliphatic carbocycles. The molecular weight excluding hydrogens is 176 g/mol. The molecule has 3 nitrogen and oxygen atoms in total. The van der Waals surface area contributed by atoms with Gasteiger partial charge in [0.05, 0.1) is 12.2 Å². The predicted molar refractivity (Wildman–Crippen MR) is 55.1 cm³/mol. The highest BCUT2D eigenvalue weighted by Crippen LogP contribution is 2.31. The van der Waals surface area contributed by atoms with Crippen LogP contribution in [0.4, 0.5) is 0 Å². The first-order valence-electron chi connectivity index (χ1n) is 5.27. The van der Waals surface area contributed by atoms with E-state index in [0.29, 0.717) is 5.54 Å². The third kappa shape index (κ3) is 1.82. The van der Waals surface area contributed by atoms with Gasteiger partial charge in [-0.3, -0.25) is 0 Å². The molecule has 1 saturated carbocycles. The van der Waals surface area contributed by atoms with Crippen molar-refractivity contribution in [1.29, 1.82) is 0 Å². The monoisotopic (exact) mass is 194 g/mol. The third-order valence-electron chi connectivity index (χ3n) is 3.20. The second-order valence-corrected chi connectivity index (χ2v) is 4.52. The van der Waals surface area contributed by atoms with E-state index in [4.69, 9.17) is 4.42 Å². The average molecular weight is 194 g/mol. The molecule has 0 atom stereocenters. The second-order valence-electron chi connectivity index (χ2n) is 4.52. The number of nitrogens with one attached hydrogen (secondary N) is 1. The molecule has 0 aliphatic heterocycles. The lowest BCUT2D eigenvalue weighted by Gasteiger charge is -2.39. The summed E-state index contributed by atoms with van der Waals surface area (Å²) in [5, 5.41) is 3.50. The highest BCUT2D eigenvalue weighted by atomic mass is 16.4. The number of oxazole rings is 1. The summed E-state index contributed by atoms with van der Waals surface area (Å²) in [6, 6.07) is 0. The molecule has 1 aromatic rings. The van der Waals surface area contributed by atoms with Gasteiger partial charge in [0, 0.05) is 5.54 Å². The molecule has 1 fully saturated rings. The Morgan fingerprint density at radius 3 is 2.57 bits per heavy atom. The minimum Gasteiger partial charge on any atom is -0.444 e. The van der Waals surface area contributed by atoms with E-state index < -0.39 is 0 Å². The topological polar surface area (TPSA) is 38.1 Å². The van der Waals surface area contributed by atoms with E-state index in [9.17, 15) is 0 Å². The Morgan fingerprint density at radius 2 is 2.14 bits per heavy atom. The van der Waals surface area contributed by atoms with Crippen molar-refractivity contribution in [2.75, 3.05) is 0 Å². The Morgan fingerprint density at radius 1 is 1.43 bits per heavy atom. The molecule has 14 heavy (non-hydrogen) atoms. The zero-order valence-corrected chi connectivity index (χ0v) is 9.18. The van der Waals surface area contributed by atoms with E-state index in [1.807, 2.05) is 13.8 Å². The first kappa shape index (κ1) is 9.71. The Balaban J connectivity index is 1.91. The lowest BCUT2D eigenvalue weighted by molar-refractivity contribution is 0.199. The Hall–Kier alpha value is -0.830. The summed E-state index contributed by atoms with van der Waals surface area (Å²) in [5.74, 6) is 1.74. The maximum Gasteiger partial charge on any atom is 0.208 e. The first-order chi connectivity index (χ1) is 6.59. The van der Waals surface area contributed by atoms with Crippen LogP contribution in [0.5, 0.6) is 0 Å². The normalized spacial score (nSPS) is 19.4.